The van der Waals surface area contributed by atoms with Crippen LogP contribution in [0.3, 0.4) is 0 Å². The minimum Gasteiger partial charge on any atom is -0.387 e. The molecule has 0 aromatic carbocycles. The van der Waals surface area contributed by atoms with Crippen molar-refractivity contribution in [1.29, 1.82) is 0 Å². The highest BCUT2D eigenvalue weighted by atomic mass is 16.3. The minimum absolute atomic E-state index is 0.0789. The molecule has 1 heterocycles. The maximum absolute atomic E-state index is 11.2. The summed E-state index contributed by atoms with van der Waals surface area (Å²) in [5.74, 6) is -1.75. The highest BCUT2D eigenvalue weighted by molar-refractivity contribution is 6.34. The van der Waals surface area contributed by atoms with Crippen molar-refractivity contribution >= 4 is 11.8 Å². The van der Waals surface area contributed by atoms with E-state index >= 15 is 0 Å². The van der Waals surface area contributed by atoms with Crippen LogP contribution in [-0.4, -0.2) is 47.1 Å². The summed E-state index contributed by atoms with van der Waals surface area (Å²) in [5, 5.41) is 9.81. The largest absolute Gasteiger partial charge is 0.387 e. The van der Waals surface area contributed by atoms with E-state index in [0.29, 0.717) is 19.4 Å². The molecule has 80 valence electrons. The Morgan fingerprint density at radius 1 is 1.50 bits per heavy atom. The first kappa shape index (κ1) is 10.9. The number of aliphatic hydroxyl groups is 1. The van der Waals surface area contributed by atoms with Crippen molar-refractivity contribution in [3.63, 3.8) is 0 Å². The lowest BCUT2D eigenvalue weighted by atomic mass is 9.93. The molecule has 1 atom stereocenters. The molecule has 0 saturated carbocycles. The van der Waals surface area contributed by atoms with E-state index in [0.717, 1.165) is 0 Å². The monoisotopic (exact) mass is 201 g/mol. The molecule has 6 nitrogen and oxygen atoms in total. The van der Waals surface area contributed by atoms with Crippen molar-refractivity contribution in [1.82, 2.24) is 4.90 Å². The summed E-state index contributed by atoms with van der Waals surface area (Å²) in [7, 11) is 0. The molecule has 1 saturated heterocycles. The first-order valence-electron chi connectivity index (χ1n) is 4.50. The van der Waals surface area contributed by atoms with Crippen molar-refractivity contribution in [3.05, 3.63) is 0 Å². The third-order valence-electron chi connectivity index (χ3n) is 2.43. The number of carbonyl (C=O) groups is 2. The van der Waals surface area contributed by atoms with Crippen LogP contribution in [0.25, 0.3) is 0 Å². The number of primary amides is 1. The van der Waals surface area contributed by atoms with Gasteiger partial charge in [-0.25, -0.2) is 0 Å². The number of β-amino-alcohol motifs (C(OH)–C–C–N with tert-alkyl or cyclic N) is 1. The smallest absolute Gasteiger partial charge is 0.311 e. The lowest BCUT2D eigenvalue weighted by molar-refractivity contribution is -0.148. The molecule has 1 rings (SSSR count). The fraction of sp³-hybridized carbons (Fsp3) is 0.750. The third kappa shape index (κ3) is 2.21. The van der Waals surface area contributed by atoms with Gasteiger partial charge in [0.05, 0.1) is 12.1 Å². The average molecular weight is 201 g/mol. The second-order valence-corrected chi connectivity index (χ2v) is 3.62. The Kier molecular flexibility index (Phi) is 3.07. The Bertz CT molecular complexity index is 256. The maximum Gasteiger partial charge on any atom is 0.311 e. The molecule has 1 fully saturated rings. The van der Waals surface area contributed by atoms with E-state index in [9.17, 15) is 14.7 Å². The van der Waals surface area contributed by atoms with E-state index in [2.05, 4.69) is 0 Å². The third-order valence-corrected chi connectivity index (χ3v) is 2.43. The summed E-state index contributed by atoms with van der Waals surface area (Å²) in [5.41, 5.74) is 9.16. The van der Waals surface area contributed by atoms with Gasteiger partial charge in [0.15, 0.2) is 0 Å². The lowest BCUT2D eigenvalue weighted by Gasteiger charge is -2.37. The van der Waals surface area contributed by atoms with Gasteiger partial charge in [-0.15, -0.1) is 0 Å². The summed E-state index contributed by atoms with van der Waals surface area (Å²) < 4.78 is 0. The lowest BCUT2D eigenvalue weighted by Crippen LogP contribution is -2.56. The number of carbonyl (C=O) groups excluding carboxylic acids is 2. The molecule has 14 heavy (non-hydrogen) atoms. The van der Waals surface area contributed by atoms with Crippen LogP contribution in [0.15, 0.2) is 0 Å². The Morgan fingerprint density at radius 3 is 2.64 bits per heavy atom. The summed E-state index contributed by atoms with van der Waals surface area (Å²) in [6.45, 7) is 0.616. The standard InChI is InChI=1S/C8H15N3O3/c9-4-8(14)2-1-3-11(5-8)7(13)6(10)12/h14H,1-5,9H2,(H2,10,12). The van der Waals surface area contributed by atoms with Crippen molar-refractivity contribution in [2.75, 3.05) is 19.6 Å². The van der Waals surface area contributed by atoms with Crippen LogP contribution in [-0.2, 0) is 9.59 Å². The second-order valence-electron chi connectivity index (χ2n) is 3.62. The SMILES string of the molecule is NCC1(O)CCCN(C(=O)C(N)=O)C1. The van der Waals surface area contributed by atoms with Crippen molar-refractivity contribution in [3.8, 4) is 0 Å². The minimum atomic E-state index is -1.07. The summed E-state index contributed by atoms with van der Waals surface area (Å²) in [4.78, 5) is 23.1. The zero-order valence-corrected chi connectivity index (χ0v) is 7.90. The van der Waals surface area contributed by atoms with E-state index in [1.807, 2.05) is 0 Å². The maximum atomic E-state index is 11.2. The van der Waals surface area contributed by atoms with Gasteiger partial charge in [0, 0.05) is 13.1 Å². The molecule has 0 radical (unpaired) electrons. The zero-order chi connectivity index (χ0) is 10.8. The molecule has 5 N–H and O–H groups in total. The van der Waals surface area contributed by atoms with Gasteiger partial charge in [0.25, 0.3) is 0 Å². The van der Waals surface area contributed by atoms with Crippen LogP contribution in [0.5, 0.6) is 0 Å². The Balaban J connectivity index is 2.65. The molecule has 0 spiro atoms. The predicted octanol–water partition coefficient (Wildman–Crippen LogP) is -2.22. The molecular weight excluding hydrogens is 186 g/mol. The van der Waals surface area contributed by atoms with Crippen LogP contribution in [0, 0.1) is 0 Å². The van der Waals surface area contributed by atoms with E-state index in [-0.39, 0.29) is 13.1 Å². The summed E-state index contributed by atoms with van der Waals surface area (Å²) in [6, 6.07) is 0. The zero-order valence-electron chi connectivity index (χ0n) is 7.90. The van der Waals surface area contributed by atoms with Gasteiger partial charge >= 0.3 is 11.8 Å². The van der Waals surface area contributed by atoms with E-state index in [4.69, 9.17) is 11.5 Å². The number of rotatable bonds is 1. The number of piperidine rings is 1. The van der Waals surface area contributed by atoms with E-state index in [1.165, 1.54) is 4.90 Å². The molecule has 6 heteroatoms. The molecule has 0 aromatic heterocycles. The van der Waals surface area contributed by atoms with Gasteiger partial charge in [0.2, 0.25) is 0 Å². The fourth-order valence-electron chi connectivity index (χ4n) is 1.61. The van der Waals surface area contributed by atoms with Gasteiger partial charge in [0.1, 0.15) is 0 Å². The van der Waals surface area contributed by atoms with Gasteiger partial charge in [-0.05, 0) is 12.8 Å². The summed E-state index contributed by atoms with van der Waals surface area (Å²) in [6.07, 6.45) is 1.18. The topological polar surface area (TPSA) is 110 Å². The van der Waals surface area contributed by atoms with Crippen molar-refractivity contribution in [2.45, 2.75) is 18.4 Å². The van der Waals surface area contributed by atoms with Crippen LogP contribution in [0.2, 0.25) is 0 Å². The van der Waals surface area contributed by atoms with Gasteiger partial charge < -0.3 is 21.5 Å². The van der Waals surface area contributed by atoms with Crippen LogP contribution < -0.4 is 11.5 Å². The summed E-state index contributed by atoms with van der Waals surface area (Å²) >= 11 is 0. The number of nitrogens with two attached hydrogens (primary N) is 2. The van der Waals surface area contributed by atoms with E-state index < -0.39 is 17.4 Å². The number of amides is 2. The van der Waals surface area contributed by atoms with Gasteiger partial charge in [-0.1, -0.05) is 0 Å². The van der Waals surface area contributed by atoms with Crippen LogP contribution >= 0.6 is 0 Å². The molecule has 2 amide bonds. The number of hydrogen-bond donors (Lipinski definition) is 3. The first-order valence-corrected chi connectivity index (χ1v) is 4.50. The number of hydrogen-bond acceptors (Lipinski definition) is 4. The van der Waals surface area contributed by atoms with Crippen LogP contribution in [0.1, 0.15) is 12.8 Å². The number of likely N-dealkylation sites (tertiary alicyclic amines) is 1. The molecule has 0 aromatic rings. The van der Waals surface area contributed by atoms with Crippen molar-refractivity contribution in [2.24, 2.45) is 11.5 Å². The highest BCUT2D eigenvalue weighted by Gasteiger charge is 2.35. The van der Waals surface area contributed by atoms with Crippen molar-refractivity contribution < 1.29 is 14.7 Å². The molecule has 0 bridgehead atoms. The Hall–Kier alpha value is -1.14. The molecular formula is C8H15N3O3. The second kappa shape index (κ2) is 3.93. The van der Waals surface area contributed by atoms with E-state index in [1.54, 1.807) is 0 Å². The Labute approximate surface area is 81.8 Å². The molecule has 1 aliphatic rings. The number of nitrogens with zero attached hydrogens (tertiary/aromatic N) is 1. The highest BCUT2D eigenvalue weighted by Crippen LogP contribution is 2.19. The van der Waals surface area contributed by atoms with Gasteiger partial charge in [-0.2, -0.15) is 0 Å². The molecule has 1 aliphatic heterocycles. The first-order chi connectivity index (χ1) is 6.48. The molecule has 1 unspecified atom stereocenters. The van der Waals surface area contributed by atoms with Gasteiger partial charge in [-0.3, -0.25) is 9.59 Å². The average Bonchev–Trinajstić information content (AvgIpc) is 2.16. The fourth-order valence-corrected chi connectivity index (χ4v) is 1.61. The normalized spacial score (nSPS) is 27.4. The Morgan fingerprint density at radius 2 is 2.14 bits per heavy atom. The molecule has 0 aliphatic carbocycles. The quantitative estimate of drug-likeness (QED) is 0.417. The predicted molar refractivity (Wildman–Crippen MR) is 49.0 cm³/mol. The van der Waals surface area contributed by atoms with Crippen LogP contribution in [0.4, 0.5) is 0 Å².